The molecule has 142 valence electrons. The van der Waals surface area contributed by atoms with Gasteiger partial charge in [0.1, 0.15) is 0 Å². The maximum atomic E-state index is 6.14. The van der Waals surface area contributed by atoms with Crippen molar-refractivity contribution in [1.29, 1.82) is 0 Å². The normalized spacial score (nSPS) is 11.0. The molecule has 4 rings (SSSR count). The smallest absolute Gasteiger partial charge is 0.225 e. The molecular weight excluding hydrogens is 392 g/mol. The summed E-state index contributed by atoms with van der Waals surface area (Å²) in [7, 11) is 1.98. The Kier molecular flexibility index (Phi) is 5.36. The van der Waals surface area contributed by atoms with Gasteiger partial charge in [-0.3, -0.25) is 0 Å². The van der Waals surface area contributed by atoms with Crippen LogP contribution in [0.1, 0.15) is 17.4 Å². The number of rotatable bonds is 6. The predicted octanol–water partition coefficient (Wildman–Crippen LogP) is 5.08. The zero-order chi connectivity index (χ0) is 19.5. The highest BCUT2D eigenvalue weighted by Crippen LogP contribution is 2.33. The molecule has 1 aromatic carbocycles. The Labute approximate surface area is 172 Å². The summed E-state index contributed by atoms with van der Waals surface area (Å²) >= 11 is 7.78. The maximum absolute atomic E-state index is 6.14. The zero-order valence-electron chi connectivity index (χ0n) is 15.6. The first-order chi connectivity index (χ1) is 13.6. The van der Waals surface area contributed by atoms with Crippen molar-refractivity contribution in [2.45, 2.75) is 19.9 Å². The topological polar surface area (TPSA) is 66.8 Å². The molecule has 6 nitrogen and oxygen atoms in total. The second kappa shape index (κ2) is 8.08. The molecule has 0 saturated heterocycles. The lowest BCUT2D eigenvalue weighted by atomic mass is 10.3. The minimum absolute atomic E-state index is 0.224. The fourth-order valence-corrected chi connectivity index (χ4v) is 4.07. The van der Waals surface area contributed by atoms with Gasteiger partial charge in [0.15, 0.2) is 5.82 Å². The third-order valence-electron chi connectivity index (χ3n) is 4.27. The fraction of sp³-hybridized carbons (Fsp3) is 0.200. The van der Waals surface area contributed by atoms with E-state index in [4.69, 9.17) is 11.6 Å². The number of nitrogens with zero attached hydrogens (tertiary/aromatic N) is 5. The Hall–Kier alpha value is -2.77. The van der Waals surface area contributed by atoms with Crippen LogP contribution in [0.4, 0.5) is 17.5 Å². The lowest BCUT2D eigenvalue weighted by molar-refractivity contribution is 0.870. The Morgan fingerprint density at radius 3 is 2.57 bits per heavy atom. The van der Waals surface area contributed by atoms with E-state index in [9.17, 15) is 0 Å². The van der Waals surface area contributed by atoms with Crippen LogP contribution in [0.25, 0.3) is 10.2 Å². The molecule has 8 heteroatoms. The predicted molar refractivity (Wildman–Crippen MR) is 116 cm³/mol. The van der Waals surface area contributed by atoms with Gasteiger partial charge in [-0.25, -0.2) is 15.0 Å². The molecule has 0 bridgehead atoms. The highest BCUT2D eigenvalue weighted by Gasteiger charge is 2.14. The second-order valence-electron chi connectivity index (χ2n) is 6.36. The minimum Gasteiger partial charge on any atom is -0.339 e. The van der Waals surface area contributed by atoms with Crippen LogP contribution in [-0.2, 0) is 13.0 Å². The SMILES string of the molecule is CCc1cnc(N(C)Cc2cc3nc(Cl)nc(Nc4ccccc4)c3s2)nc1. The first-order valence-electron chi connectivity index (χ1n) is 8.92. The van der Waals surface area contributed by atoms with Crippen LogP contribution < -0.4 is 10.2 Å². The second-order valence-corrected chi connectivity index (χ2v) is 7.84. The molecule has 0 fully saturated rings. The van der Waals surface area contributed by atoms with Crippen LogP contribution in [0.2, 0.25) is 5.28 Å². The number of hydrogen-bond donors (Lipinski definition) is 1. The van der Waals surface area contributed by atoms with E-state index in [2.05, 4.69) is 32.2 Å². The van der Waals surface area contributed by atoms with Crippen LogP contribution >= 0.6 is 22.9 Å². The van der Waals surface area contributed by atoms with E-state index in [1.54, 1.807) is 11.3 Å². The van der Waals surface area contributed by atoms with Gasteiger partial charge in [0.25, 0.3) is 0 Å². The van der Waals surface area contributed by atoms with Crippen LogP contribution in [0.15, 0.2) is 48.8 Å². The molecule has 0 amide bonds. The molecule has 0 radical (unpaired) electrons. The number of aromatic nitrogens is 4. The highest BCUT2D eigenvalue weighted by atomic mass is 35.5. The Morgan fingerprint density at radius 2 is 1.86 bits per heavy atom. The third kappa shape index (κ3) is 4.05. The number of halogens is 1. The molecule has 0 atom stereocenters. The molecule has 28 heavy (non-hydrogen) atoms. The molecule has 0 aliphatic heterocycles. The summed E-state index contributed by atoms with van der Waals surface area (Å²) in [6.45, 7) is 2.77. The number of anilines is 3. The number of para-hydroxylation sites is 1. The summed E-state index contributed by atoms with van der Waals surface area (Å²) in [5.41, 5.74) is 2.91. The maximum Gasteiger partial charge on any atom is 0.225 e. The van der Waals surface area contributed by atoms with Gasteiger partial charge < -0.3 is 10.2 Å². The molecule has 4 aromatic rings. The fourth-order valence-electron chi connectivity index (χ4n) is 2.80. The first kappa shape index (κ1) is 18.6. The van der Waals surface area contributed by atoms with Crippen LogP contribution in [0, 0.1) is 0 Å². The Morgan fingerprint density at radius 1 is 1.11 bits per heavy atom. The molecule has 3 aromatic heterocycles. The molecule has 0 spiro atoms. The van der Waals surface area contributed by atoms with Crippen molar-refractivity contribution in [2.75, 3.05) is 17.3 Å². The Balaban J connectivity index is 1.60. The molecule has 0 saturated carbocycles. The summed E-state index contributed by atoms with van der Waals surface area (Å²) < 4.78 is 0.971. The number of nitrogens with one attached hydrogen (secondary N) is 1. The molecule has 0 aliphatic rings. The van der Waals surface area contributed by atoms with E-state index in [0.29, 0.717) is 18.3 Å². The van der Waals surface area contributed by atoms with Gasteiger partial charge in [-0.15, -0.1) is 11.3 Å². The molecular formula is C20H19ClN6S. The number of aryl methyl sites for hydroxylation is 1. The van der Waals surface area contributed by atoms with Crippen LogP contribution in [0.3, 0.4) is 0 Å². The van der Waals surface area contributed by atoms with Gasteiger partial charge in [0, 0.05) is 30.0 Å². The van der Waals surface area contributed by atoms with Crippen molar-refractivity contribution in [2.24, 2.45) is 0 Å². The largest absolute Gasteiger partial charge is 0.339 e. The molecule has 1 N–H and O–H groups in total. The van der Waals surface area contributed by atoms with E-state index in [-0.39, 0.29) is 5.28 Å². The molecule has 3 heterocycles. The highest BCUT2D eigenvalue weighted by molar-refractivity contribution is 7.19. The lowest BCUT2D eigenvalue weighted by Gasteiger charge is -2.15. The summed E-state index contributed by atoms with van der Waals surface area (Å²) in [5.74, 6) is 1.41. The number of fused-ring (bicyclic) bond motifs is 1. The van der Waals surface area contributed by atoms with Crippen molar-refractivity contribution >= 4 is 50.6 Å². The van der Waals surface area contributed by atoms with Crippen molar-refractivity contribution in [3.63, 3.8) is 0 Å². The van der Waals surface area contributed by atoms with Gasteiger partial charge in [-0.1, -0.05) is 25.1 Å². The molecule has 0 unspecified atom stereocenters. The summed E-state index contributed by atoms with van der Waals surface area (Å²) in [4.78, 5) is 20.8. The van der Waals surface area contributed by atoms with Gasteiger partial charge in [-0.2, -0.15) is 4.98 Å². The van der Waals surface area contributed by atoms with Crippen molar-refractivity contribution < 1.29 is 0 Å². The van der Waals surface area contributed by atoms with Crippen molar-refractivity contribution in [1.82, 2.24) is 19.9 Å². The minimum atomic E-state index is 0.224. The number of hydrogen-bond acceptors (Lipinski definition) is 7. The summed E-state index contributed by atoms with van der Waals surface area (Å²) in [6.07, 6.45) is 4.67. The van der Waals surface area contributed by atoms with E-state index in [1.165, 1.54) is 0 Å². The first-order valence-corrected chi connectivity index (χ1v) is 10.1. The molecule has 0 aliphatic carbocycles. The van der Waals surface area contributed by atoms with Gasteiger partial charge >= 0.3 is 0 Å². The van der Waals surface area contributed by atoms with E-state index in [1.807, 2.05) is 60.7 Å². The van der Waals surface area contributed by atoms with Crippen molar-refractivity contribution in [3.8, 4) is 0 Å². The summed E-state index contributed by atoms with van der Waals surface area (Å²) in [5, 5.41) is 3.56. The Bertz CT molecular complexity index is 1080. The van der Waals surface area contributed by atoms with Crippen LogP contribution in [0.5, 0.6) is 0 Å². The quantitative estimate of drug-likeness (QED) is 0.447. The van der Waals surface area contributed by atoms with Crippen molar-refractivity contribution in [3.05, 3.63) is 64.5 Å². The third-order valence-corrected chi connectivity index (χ3v) is 5.55. The van der Waals surface area contributed by atoms with Gasteiger partial charge in [-0.05, 0) is 41.8 Å². The average molecular weight is 411 g/mol. The van der Waals surface area contributed by atoms with Crippen LogP contribution in [-0.4, -0.2) is 27.0 Å². The monoisotopic (exact) mass is 410 g/mol. The summed E-state index contributed by atoms with van der Waals surface area (Å²) in [6, 6.07) is 11.9. The number of thiophene rings is 1. The average Bonchev–Trinajstić information content (AvgIpc) is 3.11. The number of benzene rings is 1. The standard InChI is InChI=1S/C20H19ClN6S/c1-3-13-10-22-20(23-11-13)27(2)12-15-9-16-17(28-15)18(26-19(21)25-16)24-14-7-5-4-6-8-14/h4-11H,3,12H2,1-2H3,(H,24,25,26). The lowest BCUT2D eigenvalue weighted by Crippen LogP contribution is -2.18. The van der Waals surface area contributed by atoms with Gasteiger partial charge in [0.05, 0.1) is 16.8 Å². The van der Waals surface area contributed by atoms with Gasteiger partial charge in [0.2, 0.25) is 11.2 Å². The van der Waals surface area contributed by atoms with E-state index < -0.39 is 0 Å². The van der Waals surface area contributed by atoms with E-state index >= 15 is 0 Å². The van der Waals surface area contributed by atoms with E-state index in [0.717, 1.165) is 32.8 Å². The zero-order valence-corrected chi connectivity index (χ0v) is 17.1.